The number of thioether (sulfide) groups is 1. The predicted molar refractivity (Wildman–Crippen MR) is 103 cm³/mol. The molecule has 3 aromatic rings. The van der Waals surface area contributed by atoms with Crippen molar-refractivity contribution in [1.29, 1.82) is 0 Å². The Balaban J connectivity index is 1.59. The normalized spacial score (nSPS) is 14.5. The van der Waals surface area contributed by atoms with Crippen molar-refractivity contribution >= 4 is 17.7 Å². The molecule has 0 amide bonds. The van der Waals surface area contributed by atoms with Crippen LogP contribution in [-0.4, -0.2) is 51.8 Å². The Kier molecular flexibility index (Phi) is 5.64. The maximum Gasteiger partial charge on any atom is 0.232 e. The van der Waals surface area contributed by atoms with Crippen molar-refractivity contribution in [3.63, 3.8) is 0 Å². The molecule has 0 aliphatic carbocycles. The first-order valence-corrected chi connectivity index (χ1v) is 9.86. The van der Waals surface area contributed by atoms with Gasteiger partial charge in [0.1, 0.15) is 5.82 Å². The number of ether oxygens (including phenoxy) is 1. The molecule has 27 heavy (non-hydrogen) atoms. The van der Waals surface area contributed by atoms with Gasteiger partial charge in [-0.3, -0.25) is 9.55 Å². The van der Waals surface area contributed by atoms with Gasteiger partial charge in [-0.25, -0.2) is 4.39 Å². The van der Waals surface area contributed by atoms with E-state index in [-0.39, 0.29) is 5.82 Å². The van der Waals surface area contributed by atoms with Gasteiger partial charge < -0.3 is 9.64 Å². The van der Waals surface area contributed by atoms with Gasteiger partial charge in [-0.15, -0.1) is 10.2 Å². The molecule has 1 saturated heterocycles. The predicted octanol–water partition coefficient (Wildman–Crippen LogP) is 2.97. The van der Waals surface area contributed by atoms with E-state index in [2.05, 4.69) is 20.1 Å². The first-order valence-electron chi connectivity index (χ1n) is 8.88. The maximum absolute atomic E-state index is 13.8. The highest BCUT2D eigenvalue weighted by Gasteiger charge is 2.22. The number of hydrogen-bond donors (Lipinski definition) is 0. The summed E-state index contributed by atoms with van der Waals surface area (Å²) in [4.78, 5) is 6.48. The Bertz CT molecular complexity index is 883. The quantitative estimate of drug-likeness (QED) is 0.608. The second-order valence-corrected chi connectivity index (χ2v) is 7.18. The number of pyridine rings is 1. The standard InChI is InChI=1S/C19H20FN5OS/c20-15-4-3-6-17(14-15)25-18(24-9-11-26-12-10-24)22-23-19(25)27-13-7-16-5-1-2-8-21-16/h1-6,8,14H,7,9-13H2. The summed E-state index contributed by atoms with van der Waals surface area (Å²) in [7, 11) is 0. The zero-order chi connectivity index (χ0) is 18.5. The summed E-state index contributed by atoms with van der Waals surface area (Å²) in [5.41, 5.74) is 1.76. The molecule has 1 aliphatic heterocycles. The molecule has 2 aromatic heterocycles. The molecule has 0 bridgehead atoms. The minimum atomic E-state index is -0.279. The number of anilines is 1. The maximum atomic E-state index is 13.8. The van der Waals surface area contributed by atoms with E-state index in [1.807, 2.05) is 28.8 Å². The molecular weight excluding hydrogens is 365 g/mol. The Hall–Kier alpha value is -2.45. The summed E-state index contributed by atoms with van der Waals surface area (Å²) >= 11 is 1.60. The summed E-state index contributed by atoms with van der Waals surface area (Å²) in [6.45, 7) is 2.79. The van der Waals surface area contributed by atoms with Crippen molar-refractivity contribution in [1.82, 2.24) is 19.7 Å². The van der Waals surface area contributed by atoms with E-state index < -0.39 is 0 Å². The monoisotopic (exact) mass is 385 g/mol. The van der Waals surface area contributed by atoms with Crippen LogP contribution in [0.25, 0.3) is 5.69 Å². The Morgan fingerprint density at radius 3 is 2.74 bits per heavy atom. The molecule has 3 heterocycles. The lowest BCUT2D eigenvalue weighted by Gasteiger charge is -2.27. The summed E-state index contributed by atoms with van der Waals surface area (Å²) < 4.78 is 21.2. The van der Waals surface area contributed by atoms with Crippen LogP contribution < -0.4 is 4.90 Å². The number of aryl methyl sites for hydroxylation is 1. The summed E-state index contributed by atoms with van der Waals surface area (Å²) in [5.74, 6) is 1.26. The first kappa shape index (κ1) is 17.9. The number of hydrogen-bond acceptors (Lipinski definition) is 6. The van der Waals surface area contributed by atoms with Gasteiger partial charge >= 0.3 is 0 Å². The van der Waals surface area contributed by atoms with E-state index in [0.717, 1.165) is 47.7 Å². The molecule has 0 atom stereocenters. The van der Waals surface area contributed by atoms with Crippen LogP contribution in [0.3, 0.4) is 0 Å². The van der Waals surface area contributed by atoms with Gasteiger partial charge in [0.05, 0.1) is 18.9 Å². The molecule has 4 rings (SSSR count). The molecule has 0 N–H and O–H groups in total. The van der Waals surface area contributed by atoms with Gasteiger partial charge in [-0.2, -0.15) is 0 Å². The van der Waals surface area contributed by atoms with Crippen molar-refractivity contribution in [3.8, 4) is 5.69 Å². The second kappa shape index (κ2) is 8.49. The minimum Gasteiger partial charge on any atom is -0.378 e. The highest BCUT2D eigenvalue weighted by atomic mass is 32.2. The lowest BCUT2D eigenvalue weighted by molar-refractivity contribution is 0.122. The van der Waals surface area contributed by atoms with E-state index in [4.69, 9.17) is 4.74 Å². The van der Waals surface area contributed by atoms with Gasteiger partial charge in [-0.05, 0) is 36.8 Å². The van der Waals surface area contributed by atoms with Crippen LogP contribution in [0.5, 0.6) is 0 Å². The van der Waals surface area contributed by atoms with Crippen LogP contribution in [0.15, 0.2) is 53.8 Å². The molecular formula is C19H20FN5OS. The van der Waals surface area contributed by atoms with E-state index in [1.165, 1.54) is 12.1 Å². The van der Waals surface area contributed by atoms with Gasteiger partial charge in [0, 0.05) is 30.7 Å². The van der Waals surface area contributed by atoms with Crippen LogP contribution in [0, 0.1) is 5.82 Å². The van der Waals surface area contributed by atoms with Crippen molar-refractivity contribution in [3.05, 3.63) is 60.2 Å². The van der Waals surface area contributed by atoms with Crippen LogP contribution >= 0.6 is 11.8 Å². The smallest absolute Gasteiger partial charge is 0.232 e. The van der Waals surface area contributed by atoms with Gasteiger partial charge in [-0.1, -0.05) is 23.9 Å². The molecule has 1 aromatic carbocycles. The average Bonchev–Trinajstić information content (AvgIpc) is 3.13. The van der Waals surface area contributed by atoms with Crippen molar-refractivity contribution in [2.24, 2.45) is 0 Å². The third-order valence-corrected chi connectivity index (χ3v) is 5.22. The third kappa shape index (κ3) is 4.28. The van der Waals surface area contributed by atoms with E-state index >= 15 is 0 Å². The van der Waals surface area contributed by atoms with Gasteiger partial charge in [0.15, 0.2) is 5.16 Å². The number of rotatable bonds is 6. The Morgan fingerprint density at radius 1 is 1.07 bits per heavy atom. The number of morpholine rings is 1. The molecule has 0 radical (unpaired) electrons. The fourth-order valence-corrected chi connectivity index (χ4v) is 3.87. The molecule has 0 spiro atoms. The highest BCUT2D eigenvalue weighted by molar-refractivity contribution is 7.99. The summed E-state index contributed by atoms with van der Waals surface area (Å²) in [6.07, 6.45) is 2.63. The largest absolute Gasteiger partial charge is 0.378 e. The Labute approximate surface area is 161 Å². The fourth-order valence-electron chi connectivity index (χ4n) is 2.96. The molecule has 1 fully saturated rings. The van der Waals surface area contributed by atoms with E-state index in [9.17, 15) is 4.39 Å². The van der Waals surface area contributed by atoms with Gasteiger partial charge in [0.25, 0.3) is 0 Å². The topological polar surface area (TPSA) is 56.1 Å². The molecule has 0 unspecified atom stereocenters. The molecule has 1 aliphatic rings. The summed E-state index contributed by atoms with van der Waals surface area (Å²) in [6, 6.07) is 12.4. The van der Waals surface area contributed by atoms with E-state index in [0.29, 0.717) is 13.2 Å². The fraction of sp³-hybridized carbons (Fsp3) is 0.316. The third-order valence-electron chi connectivity index (χ3n) is 4.29. The number of nitrogens with zero attached hydrogens (tertiary/aromatic N) is 5. The van der Waals surface area contributed by atoms with Crippen molar-refractivity contribution in [2.75, 3.05) is 37.0 Å². The lowest BCUT2D eigenvalue weighted by Crippen LogP contribution is -2.37. The number of halogens is 1. The van der Waals surface area contributed by atoms with Crippen LogP contribution in [0.2, 0.25) is 0 Å². The molecule has 0 saturated carbocycles. The summed E-state index contributed by atoms with van der Waals surface area (Å²) in [5, 5.41) is 9.52. The number of aromatic nitrogens is 4. The first-order chi connectivity index (χ1) is 13.3. The second-order valence-electron chi connectivity index (χ2n) is 6.12. The Morgan fingerprint density at radius 2 is 1.96 bits per heavy atom. The van der Waals surface area contributed by atoms with Crippen LogP contribution in [0.1, 0.15) is 5.69 Å². The van der Waals surface area contributed by atoms with Crippen molar-refractivity contribution < 1.29 is 9.13 Å². The molecule has 6 nitrogen and oxygen atoms in total. The average molecular weight is 385 g/mol. The molecule has 8 heteroatoms. The van der Waals surface area contributed by atoms with Gasteiger partial charge in [0.2, 0.25) is 5.95 Å². The zero-order valence-corrected chi connectivity index (χ0v) is 15.6. The zero-order valence-electron chi connectivity index (χ0n) is 14.8. The minimum absolute atomic E-state index is 0.279. The van der Waals surface area contributed by atoms with Crippen LogP contribution in [0.4, 0.5) is 10.3 Å². The van der Waals surface area contributed by atoms with Crippen molar-refractivity contribution in [2.45, 2.75) is 11.6 Å². The number of benzene rings is 1. The van der Waals surface area contributed by atoms with Crippen LogP contribution in [-0.2, 0) is 11.2 Å². The van der Waals surface area contributed by atoms with E-state index in [1.54, 1.807) is 24.0 Å². The lowest BCUT2D eigenvalue weighted by atomic mass is 10.3. The molecule has 140 valence electrons. The highest BCUT2D eigenvalue weighted by Crippen LogP contribution is 2.27. The SMILES string of the molecule is Fc1cccc(-n2c(SCCc3ccccn3)nnc2N2CCOCC2)c1.